The number of benzene rings is 1. The van der Waals surface area contributed by atoms with Gasteiger partial charge in [0, 0.05) is 11.1 Å². The first-order valence-electron chi connectivity index (χ1n) is 4.70. The Hall–Kier alpha value is -0.740. The number of carbonyl (C=O) groups is 2. The largest absolute Gasteiger partial charge is 0.288 e. The predicted octanol–water partition coefficient (Wildman–Crippen LogP) is 3.68. The summed E-state index contributed by atoms with van der Waals surface area (Å²) in [4.78, 5) is 24.1. The molecule has 0 atom stereocenters. The molecule has 0 unspecified atom stereocenters. The summed E-state index contributed by atoms with van der Waals surface area (Å²) >= 11 is 6.30. The molecule has 1 aliphatic rings. The molecule has 2 nitrogen and oxygen atoms in total. The summed E-state index contributed by atoms with van der Waals surface area (Å²) in [6, 6.07) is 3.72. The highest BCUT2D eigenvalue weighted by Crippen LogP contribution is 2.35. The molecule has 0 heterocycles. The number of rotatable bonds is 0. The van der Waals surface area contributed by atoms with Gasteiger partial charge in [0.1, 0.15) is 0 Å². The number of aryl methyl sites for hydroxylation is 2. The summed E-state index contributed by atoms with van der Waals surface area (Å²) in [5.74, 6) is -0.273. The van der Waals surface area contributed by atoms with E-state index < -0.39 is 0 Å². The molecule has 0 amide bonds. The smallest absolute Gasteiger partial charge is 0.202 e. The summed E-state index contributed by atoms with van der Waals surface area (Å²) in [6.07, 6.45) is 0. The van der Waals surface area contributed by atoms with Gasteiger partial charge in [-0.3, -0.25) is 9.59 Å². The molecule has 0 saturated heterocycles. The van der Waals surface area contributed by atoms with Crippen LogP contribution in [0.5, 0.6) is 0 Å². The Bertz CT molecular complexity index is 507. The Morgan fingerprint density at radius 1 is 0.812 bits per heavy atom. The fraction of sp³-hybridized carbons (Fsp3) is 0.167. The lowest BCUT2D eigenvalue weighted by Crippen LogP contribution is -2.20. The minimum absolute atomic E-state index is 0.136. The maximum atomic E-state index is 12.1. The van der Waals surface area contributed by atoms with Gasteiger partial charge in [0.15, 0.2) is 0 Å². The molecule has 16 heavy (non-hydrogen) atoms. The van der Waals surface area contributed by atoms with Crippen LogP contribution in [0.3, 0.4) is 0 Å². The average Bonchev–Trinajstić information content (AvgIpc) is 2.26. The Kier molecular flexibility index (Phi) is 2.88. The molecular formula is C12H8Br2O2. The number of carbonyl (C=O) groups excluding carboxylic acids is 2. The Labute approximate surface area is 110 Å². The lowest BCUT2D eigenvalue weighted by Gasteiger charge is -2.18. The van der Waals surface area contributed by atoms with Crippen molar-refractivity contribution in [2.45, 2.75) is 13.8 Å². The molecule has 1 aromatic carbocycles. The molecule has 0 bridgehead atoms. The van der Waals surface area contributed by atoms with Crippen molar-refractivity contribution in [1.82, 2.24) is 0 Å². The molecule has 0 N–H and O–H groups in total. The summed E-state index contributed by atoms with van der Waals surface area (Å²) in [6.45, 7) is 3.67. The van der Waals surface area contributed by atoms with Crippen LogP contribution in [0.25, 0.3) is 0 Å². The van der Waals surface area contributed by atoms with E-state index in [0.29, 0.717) is 20.1 Å². The Morgan fingerprint density at radius 3 is 1.44 bits per heavy atom. The number of halogens is 2. The quantitative estimate of drug-likeness (QED) is 0.720. The van der Waals surface area contributed by atoms with E-state index in [1.807, 2.05) is 26.0 Å². The van der Waals surface area contributed by atoms with Crippen molar-refractivity contribution in [1.29, 1.82) is 0 Å². The minimum Gasteiger partial charge on any atom is -0.288 e. The van der Waals surface area contributed by atoms with Gasteiger partial charge < -0.3 is 0 Å². The highest BCUT2D eigenvalue weighted by Gasteiger charge is 2.32. The van der Waals surface area contributed by atoms with Crippen LogP contribution in [-0.4, -0.2) is 11.6 Å². The molecular weight excluding hydrogens is 336 g/mol. The minimum atomic E-state index is -0.136. The molecule has 0 radical (unpaired) electrons. The SMILES string of the molecule is Cc1ccc(C)c2c1C(=O)C(Br)=C(Br)C2=O. The number of hydrogen-bond acceptors (Lipinski definition) is 2. The van der Waals surface area contributed by atoms with Crippen LogP contribution in [0.1, 0.15) is 31.8 Å². The van der Waals surface area contributed by atoms with Crippen molar-refractivity contribution in [2.75, 3.05) is 0 Å². The molecule has 0 aliphatic heterocycles. The van der Waals surface area contributed by atoms with Crippen LogP contribution >= 0.6 is 31.9 Å². The van der Waals surface area contributed by atoms with Crippen molar-refractivity contribution < 1.29 is 9.59 Å². The summed E-state index contributed by atoms with van der Waals surface area (Å²) in [5.41, 5.74) is 2.69. The molecule has 0 fully saturated rings. The lowest BCUT2D eigenvalue weighted by molar-refractivity contribution is 0.0988. The molecule has 0 aromatic heterocycles. The van der Waals surface area contributed by atoms with Crippen molar-refractivity contribution in [3.63, 3.8) is 0 Å². The lowest BCUT2D eigenvalue weighted by atomic mass is 9.88. The second-order valence-corrected chi connectivity index (χ2v) is 5.32. The Balaban J connectivity index is 2.86. The van der Waals surface area contributed by atoms with Crippen molar-refractivity contribution in [3.05, 3.63) is 43.4 Å². The van der Waals surface area contributed by atoms with Gasteiger partial charge in [-0.2, -0.15) is 0 Å². The van der Waals surface area contributed by atoms with Crippen molar-refractivity contribution >= 4 is 43.4 Å². The number of allylic oxidation sites excluding steroid dienone is 2. The first-order valence-corrected chi connectivity index (χ1v) is 6.28. The molecule has 4 heteroatoms. The fourth-order valence-corrected chi connectivity index (χ4v) is 2.57. The zero-order chi connectivity index (χ0) is 12.0. The molecule has 82 valence electrons. The van der Waals surface area contributed by atoms with Gasteiger partial charge in [-0.1, -0.05) is 12.1 Å². The van der Waals surface area contributed by atoms with Crippen molar-refractivity contribution in [3.8, 4) is 0 Å². The Morgan fingerprint density at radius 2 is 1.12 bits per heavy atom. The maximum Gasteiger partial charge on any atom is 0.202 e. The van der Waals surface area contributed by atoms with Crippen molar-refractivity contribution in [2.24, 2.45) is 0 Å². The monoisotopic (exact) mass is 342 g/mol. The number of fused-ring (bicyclic) bond motifs is 1. The van der Waals surface area contributed by atoms with Gasteiger partial charge in [-0.05, 0) is 56.8 Å². The van der Waals surface area contributed by atoms with E-state index in [9.17, 15) is 9.59 Å². The zero-order valence-corrected chi connectivity index (χ0v) is 11.9. The van der Waals surface area contributed by atoms with E-state index in [0.717, 1.165) is 11.1 Å². The third kappa shape index (κ3) is 1.52. The highest BCUT2D eigenvalue weighted by atomic mass is 79.9. The number of ketones is 2. The summed E-state index contributed by atoms with van der Waals surface area (Å²) < 4.78 is 0.609. The predicted molar refractivity (Wildman–Crippen MR) is 69.5 cm³/mol. The second kappa shape index (κ2) is 3.93. The van der Waals surface area contributed by atoms with Crippen LogP contribution in [0.15, 0.2) is 21.1 Å². The molecule has 0 saturated carbocycles. The second-order valence-electron chi connectivity index (χ2n) is 3.74. The first kappa shape index (κ1) is 11.7. The van der Waals surface area contributed by atoms with Gasteiger partial charge >= 0.3 is 0 Å². The topological polar surface area (TPSA) is 34.1 Å². The number of hydrogen-bond donors (Lipinski definition) is 0. The van der Waals surface area contributed by atoms with Crippen LogP contribution in [-0.2, 0) is 0 Å². The van der Waals surface area contributed by atoms with Gasteiger partial charge in [-0.25, -0.2) is 0 Å². The van der Waals surface area contributed by atoms with E-state index in [1.165, 1.54) is 0 Å². The normalized spacial score (nSPS) is 15.5. The summed E-state index contributed by atoms with van der Waals surface area (Å²) in [5, 5.41) is 0. The zero-order valence-electron chi connectivity index (χ0n) is 8.73. The van der Waals surface area contributed by atoms with E-state index in [4.69, 9.17) is 0 Å². The van der Waals surface area contributed by atoms with E-state index in [2.05, 4.69) is 31.9 Å². The fourth-order valence-electron chi connectivity index (χ4n) is 1.82. The maximum absolute atomic E-state index is 12.1. The first-order chi connectivity index (χ1) is 7.45. The number of Topliss-reactive ketones (excluding diaryl/α,β-unsaturated/α-hetero) is 2. The van der Waals surface area contributed by atoms with Gasteiger partial charge in [-0.15, -0.1) is 0 Å². The van der Waals surface area contributed by atoms with E-state index >= 15 is 0 Å². The standard InChI is InChI=1S/C12H8Br2O2/c1-5-3-4-6(2)8-7(5)11(15)9(13)10(14)12(8)16/h3-4H,1-2H3. The highest BCUT2D eigenvalue weighted by molar-refractivity contribution is 9.14. The average molecular weight is 344 g/mol. The van der Waals surface area contributed by atoms with Gasteiger partial charge in [0.25, 0.3) is 0 Å². The van der Waals surface area contributed by atoms with Crippen LogP contribution in [0.4, 0.5) is 0 Å². The van der Waals surface area contributed by atoms with Crippen LogP contribution < -0.4 is 0 Å². The molecule has 1 aliphatic carbocycles. The summed E-state index contributed by atoms with van der Waals surface area (Å²) in [7, 11) is 0. The van der Waals surface area contributed by atoms with Gasteiger partial charge in [0.05, 0.1) is 8.96 Å². The molecule has 2 rings (SSSR count). The van der Waals surface area contributed by atoms with E-state index in [-0.39, 0.29) is 11.6 Å². The molecule has 1 aromatic rings. The third-order valence-corrected chi connectivity index (χ3v) is 4.71. The third-order valence-electron chi connectivity index (χ3n) is 2.67. The van der Waals surface area contributed by atoms with E-state index in [1.54, 1.807) is 0 Å². The van der Waals surface area contributed by atoms with Crippen LogP contribution in [0.2, 0.25) is 0 Å². The van der Waals surface area contributed by atoms with Gasteiger partial charge in [0.2, 0.25) is 11.6 Å². The molecule has 0 spiro atoms. The van der Waals surface area contributed by atoms with Crippen LogP contribution in [0, 0.1) is 13.8 Å².